The molecule has 6 nitrogen and oxygen atoms in total. The highest BCUT2D eigenvalue weighted by Gasteiger charge is 2.42. The maximum atomic E-state index is 12.4. The fourth-order valence-corrected chi connectivity index (χ4v) is 5.42. The Morgan fingerprint density at radius 2 is 2.15 bits per heavy atom. The zero-order valence-corrected chi connectivity index (χ0v) is 16.6. The summed E-state index contributed by atoms with van der Waals surface area (Å²) in [5.41, 5.74) is 0.944. The molecule has 4 unspecified atom stereocenters. The van der Waals surface area contributed by atoms with Crippen LogP contribution < -0.4 is 10.1 Å². The van der Waals surface area contributed by atoms with Crippen molar-refractivity contribution in [2.24, 2.45) is 17.8 Å². The number of amides is 1. The monoisotopic (exact) mass is 386 g/mol. The zero-order chi connectivity index (χ0) is 18.8. The molecule has 1 aromatic heterocycles. The van der Waals surface area contributed by atoms with Gasteiger partial charge in [0.05, 0.1) is 12.9 Å². The van der Waals surface area contributed by atoms with Crippen LogP contribution in [0.25, 0.3) is 5.69 Å². The van der Waals surface area contributed by atoms with Crippen LogP contribution in [-0.2, 0) is 4.79 Å². The summed E-state index contributed by atoms with van der Waals surface area (Å²) in [6, 6.07) is 7.95. The number of hydrogen-bond donors (Lipinski definition) is 1. The van der Waals surface area contributed by atoms with Crippen molar-refractivity contribution in [1.82, 2.24) is 20.1 Å². The molecule has 0 radical (unpaired) electrons. The van der Waals surface area contributed by atoms with E-state index in [1.54, 1.807) is 13.4 Å². The first-order chi connectivity index (χ1) is 13.1. The van der Waals surface area contributed by atoms with Crippen molar-refractivity contribution >= 4 is 17.7 Å². The van der Waals surface area contributed by atoms with Crippen molar-refractivity contribution in [3.63, 3.8) is 0 Å². The molecule has 1 heterocycles. The maximum Gasteiger partial charge on any atom is 0.230 e. The molecule has 4 rings (SSSR count). The minimum atomic E-state index is 0.0690. The quantitative estimate of drug-likeness (QED) is 0.740. The Bertz CT molecular complexity index is 792. The third-order valence-corrected chi connectivity index (χ3v) is 6.97. The van der Waals surface area contributed by atoms with Crippen LogP contribution in [0.3, 0.4) is 0 Å². The van der Waals surface area contributed by atoms with Crippen LogP contribution in [0.2, 0.25) is 0 Å². The van der Waals surface area contributed by atoms with Crippen molar-refractivity contribution in [1.29, 1.82) is 0 Å². The lowest BCUT2D eigenvalue weighted by Gasteiger charge is -2.28. The normalized spacial score (nSPS) is 24.7. The number of aromatic nitrogens is 3. The van der Waals surface area contributed by atoms with Crippen molar-refractivity contribution in [2.75, 3.05) is 12.9 Å². The predicted molar refractivity (Wildman–Crippen MR) is 105 cm³/mol. The van der Waals surface area contributed by atoms with Crippen LogP contribution in [0.4, 0.5) is 0 Å². The molecule has 2 saturated carbocycles. The van der Waals surface area contributed by atoms with Gasteiger partial charge >= 0.3 is 0 Å². The summed E-state index contributed by atoms with van der Waals surface area (Å²) in [5, 5.41) is 12.1. The van der Waals surface area contributed by atoms with Gasteiger partial charge in [0, 0.05) is 11.7 Å². The summed E-state index contributed by atoms with van der Waals surface area (Å²) in [7, 11) is 1.64. The molecular formula is C20H26N4O2S. The summed E-state index contributed by atoms with van der Waals surface area (Å²) in [6.07, 6.45) is 7.05. The Morgan fingerprint density at radius 1 is 1.33 bits per heavy atom. The lowest BCUT2D eigenvalue weighted by molar-refractivity contribution is -0.119. The molecule has 2 fully saturated rings. The second-order valence-electron chi connectivity index (χ2n) is 7.67. The van der Waals surface area contributed by atoms with E-state index in [4.69, 9.17) is 4.74 Å². The first-order valence-electron chi connectivity index (χ1n) is 9.60. The lowest BCUT2D eigenvalue weighted by atomic mass is 9.84. The highest BCUT2D eigenvalue weighted by molar-refractivity contribution is 7.99. The number of carbonyl (C=O) groups is 1. The summed E-state index contributed by atoms with van der Waals surface area (Å²) in [6.45, 7) is 2.16. The zero-order valence-electron chi connectivity index (χ0n) is 15.8. The maximum absolute atomic E-state index is 12.4. The number of fused-ring (bicyclic) bond motifs is 2. The Labute approximate surface area is 164 Å². The number of benzene rings is 1. The van der Waals surface area contributed by atoms with Crippen LogP contribution in [0.5, 0.6) is 5.75 Å². The smallest absolute Gasteiger partial charge is 0.230 e. The number of nitrogens with one attached hydrogen (secondary N) is 1. The Morgan fingerprint density at radius 3 is 2.81 bits per heavy atom. The van der Waals surface area contributed by atoms with Crippen LogP contribution in [0, 0.1) is 17.8 Å². The van der Waals surface area contributed by atoms with Crippen molar-refractivity contribution in [3.8, 4) is 11.4 Å². The molecule has 0 saturated heterocycles. The SMILES string of the molecule is COc1ccc(-n2cnnc2SCC(=O)NC(C)C2CC3CCC2C3)cc1. The molecule has 2 aromatic rings. The minimum Gasteiger partial charge on any atom is -0.497 e. The van der Waals surface area contributed by atoms with Gasteiger partial charge in [-0.15, -0.1) is 10.2 Å². The molecule has 4 atom stereocenters. The van der Waals surface area contributed by atoms with E-state index in [1.807, 2.05) is 28.8 Å². The van der Waals surface area contributed by atoms with Gasteiger partial charge in [-0.25, -0.2) is 0 Å². The molecular weight excluding hydrogens is 360 g/mol. The fraction of sp³-hybridized carbons (Fsp3) is 0.550. The van der Waals surface area contributed by atoms with E-state index >= 15 is 0 Å². The molecule has 27 heavy (non-hydrogen) atoms. The van der Waals surface area contributed by atoms with E-state index in [0.29, 0.717) is 16.8 Å². The largest absolute Gasteiger partial charge is 0.497 e. The van der Waals surface area contributed by atoms with Gasteiger partial charge in [0.1, 0.15) is 12.1 Å². The van der Waals surface area contributed by atoms with Crippen molar-refractivity contribution in [2.45, 2.75) is 43.8 Å². The van der Waals surface area contributed by atoms with Crippen LogP contribution in [0.15, 0.2) is 35.7 Å². The van der Waals surface area contributed by atoms with Gasteiger partial charge in [-0.1, -0.05) is 18.2 Å². The highest BCUT2D eigenvalue weighted by Crippen LogP contribution is 2.49. The van der Waals surface area contributed by atoms with Gasteiger partial charge in [-0.3, -0.25) is 9.36 Å². The first-order valence-corrected chi connectivity index (χ1v) is 10.6. The molecule has 2 aliphatic carbocycles. The molecule has 0 spiro atoms. The topological polar surface area (TPSA) is 69.0 Å². The minimum absolute atomic E-state index is 0.0690. The van der Waals surface area contributed by atoms with Gasteiger partial charge in [-0.05, 0) is 68.2 Å². The molecule has 1 N–H and O–H groups in total. The fourth-order valence-electron chi connectivity index (χ4n) is 4.68. The van der Waals surface area contributed by atoms with Gasteiger partial charge in [-0.2, -0.15) is 0 Å². The summed E-state index contributed by atoms with van der Waals surface area (Å²) in [4.78, 5) is 12.4. The van der Waals surface area contributed by atoms with E-state index in [-0.39, 0.29) is 11.9 Å². The molecule has 0 aliphatic heterocycles. The van der Waals surface area contributed by atoms with Crippen molar-refractivity contribution < 1.29 is 9.53 Å². The van der Waals surface area contributed by atoms with Gasteiger partial charge in [0.15, 0.2) is 5.16 Å². The van der Waals surface area contributed by atoms with E-state index in [1.165, 1.54) is 37.4 Å². The van der Waals surface area contributed by atoms with Gasteiger partial charge < -0.3 is 10.1 Å². The number of nitrogens with zero attached hydrogens (tertiary/aromatic N) is 3. The Kier molecular flexibility index (Phi) is 5.38. The average Bonchev–Trinajstić information content (AvgIpc) is 3.43. The second kappa shape index (κ2) is 7.92. The van der Waals surface area contributed by atoms with E-state index < -0.39 is 0 Å². The van der Waals surface area contributed by atoms with E-state index in [0.717, 1.165) is 23.3 Å². The third kappa shape index (κ3) is 3.98. The number of carbonyl (C=O) groups excluding carboxylic acids is 1. The molecule has 7 heteroatoms. The number of rotatable bonds is 7. The van der Waals surface area contributed by atoms with E-state index in [2.05, 4.69) is 22.4 Å². The second-order valence-corrected chi connectivity index (χ2v) is 8.61. The molecule has 144 valence electrons. The lowest BCUT2D eigenvalue weighted by Crippen LogP contribution is -2.40. The highest BCUT2D eigenvalue weighted by atomic mass is 32.2. The van der Waals surface area contributed by atoms with Crippen LogP contribution in [-0.4, -0.2) is 39.6 Å². The molecule has 2 aliphatic rings. The Balaban J connectivity index is 1.32. The first kappa shape index (κ1) is 18.3. The standard InChI is InChI=1S/C20H26N4O2S/c1-13(18-10-14-3-4-15(18)9-14)22-19(25)11-27-20-23-21-12-24(20)16-5-7-17(26-2)8-6-16/h5-8,12-15,18H,3-4,9-11H2,1-2H3,(H,22,25). The number of thioether (sulfide) groups is 1. The third-order valence-electron chi connectivity index (χ3n) is 6.02. The number of hydrogen-bond acceptors (Lipinski definition) is 5. The summed E-state index contributed by atoms with van der Waals surface area (Å²) in [5.74, 6) is 3.59. The summed E-state index contributed by atoms with van der Waals surface area (Å²) >= 11 is 1.41. The van der Waals surface area contributed by atoms with Gasteiger partial charge in [0.2, 0.25) is 5.91 Å². The van der Waals surface area contributed by atoms with Crippen molar-refractivity contribution in [3.05, 3.63) is 30.6 Å². The van der Waals surface area contributed by atoms with Crippen LogP contribution >= 0.6 is 11.8 Å². The molecule has 2 bridgehead atoms. The average molecular weight is 387 g/mol. The van der Waals surface area contributed by atoms with Crippen LogP contribution in [0.1, 0.15) is 32.6 Å². The Hall–Kier alpha value is -2.02. The summed E-state index contributed by atoms with van der Waals surface area (Å²) < 4.78 is 7.08. The number of ether oxygens (including phenoxy) is 1. The molecule has 1 aromatic carbocycles. The van der Waals surface area contributed by atoms with E-state index in [9.17, 15) is 4.79 Å². The molecule has 1 amide bonds. The predicted octanol–water partition coefficient (Wildman–Crippen LogP) is 3.31. The van der Waals surface area contributed by atoms with Gasteiger partial charge in [0.25, 0.3) is 0 Å². The number of methoxy groups -OCH3 is 1.